The van der Waals surface area contributed by atoms with Gasteiger partial charge >= 0.3 is 0 Å². The lowest BCUT2D eigenvalue weighted by molar-refractivity contribution is -0.129. The lowest BCUT2D eigenvalue weighted by atomic mass is 9.87. The summed E-state index contributed by atoms with van der Waals surface area (Å²) >= 11 is 0. The Labute approximate surface area is 79.1 Å². The van der Waals surface area contributed by atoms with Gasteiger partial charge in [0.25, 0.3) is 0 Å². The van der Waals surface area contributed by atoms with Crippen molar-refractivity contribution in [3.63, 3.8) is 0 Å². The van der Waals surface area contributed by atoms with E-state index >= 15 is 0 Å². The van der Waals surface area contributed by atoms with Crippen molar-refractivity contribution in [1.82, 2.24) is 4.90 Å². The van der Waals surface area contributed by atoms with Crippen LogP contribution < -0.4 is 0 Å². The highest BCUT2D eigenvalue weighted by Crippen LogP contribution is 2.20. The summed E-state index contributed by atoms with van der Waals surface area (Å²) in [6.45, 7) is 5.36. The van der Waals surface area contributed by atoms with Crippen LogP contribution in [-0.2, 0) is 9.59 Å². The number of rotatable bonds is 3. The molecule has 13 heavy (non-hydrogen) atoms. The minimum absolute atomic E-state index is 0.132. The maximum atomic E-state index is 11.6. The number of carbonyl (C=O) groups is 2. The first kappa shape index (κ1) is 10.2. The molecule has 1 heterocycles. The normalized spacial score (nSPS) is 19.2. The zero-order valence-corrected chi connectivity index (χ0v) is 8.32. The fourth-order valence-corrected chi connectivity index (χ4v) is 1.76. The third kappa shape index (κ3) is 2.54. The van der Waals surface area contributed by atoms with E-state index in [1.807, 2.05) is 13.8 Å². The van der Waals surface area contributed by atoms with E-state index in [9.17, 15) is 9.59 Å². The third-order valence-electron chi connectivity index (χ3n) is 2.65. The molecule has 1 saturated heterocycles. The van der Waals surface area contributed by atoms with Crippen molar-refractivity contribution < 1.29 is 9.59 Å². The van der Waals surface area contributed by atoms with E-state index in [-0.39, 0.29) is 11.8 Å². The van der Waals surface area contributed by atoms with Gasteiger partial charge in [0.1, 0.15) is 5.78 Å². The summed E-state index contributed by atoms with van der Waals surface area (Å²) in [6.07, 6.45) is 2.56. The van der Waals surface area contributed by atoms with Gasteiger partial charge in [-0.05, 0) is 12.8 Å². The smallest absolute Gasteiger partial charge is 0.209 e. The highest BCUT2D eigenvalue weighted by molar-refractivity contribution is 5.82. The molecule has 0 spiro atoms. The molecule has 3 heteroatoms. The van der Waals surface area contributed by atoms with Crippen LogP contribution in [0.4, 0.5) is 0 Å². The summed E-state index contributed by atoms with van der Waals surface area (Å²) in [7, 11) is 0. The van der Waals surface area contributed by atoms with E-state index < -0.39 is 0 Å². The van der Waals surface area contributed by atoms with Crippen molar-refractivity contribution >= 4 is 12.2 Å². The number of nitrogens with zero attached hydrogens (tertiary/aromatic N) is 1. The van der Waals surface area contributed by atoms with E-state index in [2.05, 4.69) is 0 Å². The predicted octanol–water partition coefficient (Wildman–Crippen LogP) is 1.08. The van der Waals surface area contributed by atoms with Gasteiger partial charge in [-0.1, -0.05) is 13.8 Å². The topological polar surface area (TPSA) is 37.4 Å². The van der Waals surface area contributed by atoms with Crippen molar-refractivity contribution in [3.05, 3.63) is 0 Å². The van der Waals surface area contributed by atoms with Crippen molar-refractivity contribution in [2.75, 3.05) is 13.1 Å². The van der Waals surface area contributed by atoms with Crippen molar-refractivity contribution in [1.29, 1.82) is 0 Å². The fraction of sp³-hybridized carbons (Fsp3) is 0.800. The quantitative estimate of drug-likeness (QED) is 0.614. The SMILES string of the molecule is CC(C)C(=O)C1CCN(C=O)CC1. The van der Waals surface area contributed by atoms with E-state index in [0.29, 0.717) is 5.78 Å². The maximum absolute atomic E-state index is 11.6. The summed E-state index contributed by atoms with van der Waals surface area (Å²) in [5, 5.41) is 0. The largest absolute Gasteiger partial charge is 0.345 e. The number of piperidine rings is 1. The van der Waals surface area contributed by atoms with Gasteiger partial charge in [0.05, 0.1) is 0 Å². The second-order valence-electron chi connectivity index (χ2n) is 3.97. The predicted molar refractivity (Wildman–Crippen MR) is 50.2 cm³/mol. The minimum atomic E-state index is 0.132. The van der Waals surface area contributed by atoms with Crippen molar-refractivity contribution in [3.8, 4) is 0 Å². The Kier molecular flexibility index (Phi) is 3.46. The van der Waals surface area contributed by atoms with E-state index in [1.165, 1.54) is 0 Å². The highest BCUT2D eigenvalue weighted by Gasteiger charge is 2.25. The monoisotopic (exact) mass is 183 g/mol. The average molecular weight is 183 g/mol. The fourth-order valence-electron chi connectivity index (χ4n) is 1.76. The molecule has 0 aromatic rings. The molecule has 1 rings (SSSR count). The Morgan fingerprint density at radius 2 is 1.92 bits per heavy atom. The first-order valence-electron chi connectivity index (χ1n) is 4.88. The summed E-state index contributed by atoms with van der Waals surface area (Å²) in [6, 6.07) is 0. The summed E-state index contributed by atoms with van der Waals surface area (Å²) in [4.78, 5) is 23.7. The van der Waals surface area contributed by atoms with Crippen LogP contribution in [0.15, 0.2) is 0 Å². The lowest BCUT2D eigenvalue weighted by Gasteiger charge is -2.29. The van der Waals surface area contributed by atoms with Gasteiger partial charge in [-0.25, -0.2) is 0 Å². The van der Waals surface area contributed by atoms with E-state index in [0.717, 1.165) is 32.3 Å². The molecule has 0 aromatic heterocycles. The molecule has 0 aliphatic carbocycles. The van der Waals surface area contributed by atoms with Crippen LogP contribution in [0.1, 0.15) is 26.7 Å². The van der Waals surface area contributed by atoms with Crippen molar-refractivity contribution in [2.24, 2.45) is 11.8 Å². The zero-order valence-electron chi connectivity index (χ0n) is 8.32. The molecule has 0 saturated carbocycles. The van der Waals surface area contributed by atoms with Crippen LogP contribution in [0.3, 0.4) is 0 Å². The van der Waals surface area contributed by atoms with Gasteiger partial charge in [-0.3, -0.25) is 9.59 Å². The average Bonchev–Trinajstić information content (AvgIpc) is 2.17. The van der Waals surface area contributed by atoms with Crippen LogP contribution in [-0.4, -0.2) is 30.2 Å². The second kappa shape index (κ2) is 4.40. The van der Waals surface area contributed by atoms with Crippen LogP contribution >= 0.6 is 0 Å². The summed E-state index contributed by atoms with van der Waals surface area (Å²) < 4.78 is 0. The van der Waals surface area contributed by atoms with E-state index in [4.69, 9.17) is 0 Å². The summed E-state index contributed by atoms with van der Waals surface area (Å²) in [5.74, 6) is 0.675. The van der Waals surface area contributed by atoms with Gasteiger partial charge < -0.3 is 4.90 Å². The standard InChI is InChI=1S/C10H17NO2/c1-8(2)10(13)9-3-5-11(7-12)6-4-9/h7-9H,3-6H2,1-2H3. The molecule has 1 fully saturated rings. The highest BCUT2D eigenvalue weighted by atomic mass is 16.1. The Balaban J connectivity index is 2.40. The molecule has 0 atom stereocenters. The minimum Gasteiger partial charge on any atom is -0.345 e. The molecule has 74 valence electrons. The van der Waals surface area contributed by atoms with Gasteiger partial charge in [-0.2, -0.15) is 0 Å². The molecule has 0 N–H and O–H groups in total. The van der Waals surface area contributed by atoms with Crippen LogP contribution in [0.2, 0.25) is 0 Å². The molecular formula is C10H17NO2. The summed E-state index contributed by atoms with van der Waals surface area (Å²) in [5.41, 5.74) is 0. The third-order valence-corrected chi connectivity index (χ3v) is 2.65. The van der Waals surface area contributed by atoms with Crippen LogP contribution in [0.25, 0.3) is 0 Å². The Morgan fingerprint density at radius 1 is 1.38 bits per heavy atom. The molecule has 0 radical (unpaired) electrons. The van der Waals surface area contributed by atoms with Crippen LogP contribution in [0.5, 0.6) is 0 Å². The number of likely N-dealkylation sites (tertiary alicyclic amines) is 1. The molecule has 0 unspecified atom stereocenters. The number of amides is 1. The Morgan fingerprint density at radius 3 is 2.31 bits per heavy atom. The van der Waals surface area contributed by atoms with Crippen LogP contribution in [0, 0.1) is 11.8 Å². The first-order chi connectivity index (χ1) is 6.15. The second-order valence-corrected chi connectivity index (χ2v) is 3.97. The van der Waals surface area contributed by atoms with Gasteiger partial charge in [0, 0.05) is 24.9 Å². The number of hydrogen-bond acceptors (Lipinski definition) is 2. The Hall–Kier alpha value is -0.860. The number of Topliss-reactive ketones (excluding diaryl/α,β-unsaturated/α-hetero) is 1. The molecule has 1 aliphatic heterocycles. The number of ketones is 1. The van der Waals surface area contributed by atoms with Gasteiger partial charge in [0.2, 0.25) is 6.41 Å². The molecule has 1 amide bonds. The molecule has 1 aliphatic rings. The molecule has 3 nitrogen and oxygen atoms in total. The lowest BCUT2D eigenvalue weighted by Crippen LogP contribution is -2.36. The number of carbonyl (C=O) groups excluding carboxylic acids is 2. The maximum Gasteiger partial charge on any atom is 0.209 e. The Bertz CT molecular complexity index is 193. The van der Waals surface area contributed by atoms with E-state index in [1.54, 1.807) is 4.90 Å². The zero-order chi connectivity index (χ0) is 9.84. The van der Waals surface area contributed by atoms with Gasteiger partial charge in [0.15, 0.2) is 0 Å². The molecule has 0 aromatic carbocycles. The number of hydrogen-bond donors (Lipinski definition) is 0. The molecular weight excluding hydrogens is 166 g/mol. The molecule has 0 bridgehead atoms. The van der Waals surface area contributed by atoms with Gasteiger partial charge in [-0.15, -0.1) is 0 Å². The first-order valence-corrected chi connectivity index (χ1v) is 4.88. The van der Waals surface area contributed by atoms with Crippen molar-refractivity contribution in [2.45, 2.75) is 26.7 Å².